The Labute approximate surface area is 202 Å². The van der Waals surface area contributed by atoms with E-state index in [0.717, 1.165) is 11.5 Å². The fraction of sp³-hybridized carbons (Fsp3) is 0.115. The molecule has 0 saturated heterocycles. The molecule has 0 aliphatic rings. The van der Waals surface area contributed by atoms with E-state index in [1.165, 1.54) is 11.8 Å². The maximum Gasteiger partial charge on any atom is 0.234 e. The molecule has 1 heterocycles. The molecule has 8 heteroatoms. The van der Waals surface area contributed by atoms with Gasteiger partial charge in [-0.05, 0) is 48.5 Å². The number of anilines is 1. The molecule has 0 spiro atoms. The van der Waals surface area contributed by atoms with Gasteiger partial charge in [-0.15, -0.1) is 16.8 Å². The molecule has 7 nitrogen and oxygen atoms in total. The normalized spacial score (nSPS) is 10.5. The molecule has 0 radical (unpaired) electrons. The van der Waals surface area contributed by atoms with Crippen molar-refractivity contribution in [1.29, 1.82) is 0 Å². The number of allylic oxidation sites excluding steroid dienone is 1. The van der Waals surface area contributed by atoms with Crippen LogP contribution in [0, 0.1) is 0 Å². The summed E-state index contributed by atoms with van der Waals surface area (Å²) in [6.45, 7) is 4.60. The molecule has 0 atom stereocenters. The summed E-state index contributed by atoms with van der Waals surface area (Å²) in [4.78, 5) is 12.5. The van der Waals surface area contributed by atoms with Crippen molar-refractivity contribution in [2.75, 3.05) is 11.1 Å². The number of ether oxygens (including phenoxy) is 2. The molecule has 1 N–H and O–H groups in total. The summed E-state index contributed by atoms with van der Waals surface area (Å²) in [5, 5.41) is 12.0. The minimum absolute atomic E-state index is 0.142. The molecular weight excluding hydrogens is 448 g/mol. The van der Waals surface area contributed by atoms with Gasteiger partial charge in [-0.2, -0.15) is 0 Å². The summed E-state index contributed by atoms with van der Waals surface area (Å²) in [6, 6.07) is 26.3. The van der Waals surface area contributed by atoms with Crippen molar-refractivity contribution >= 4 is 23.4 Å². The third kappa shape index (κ3) is 6.49. The average Bonchev–Trinajstić information content (AvgIpc) is 3.25. The molecule has 0 aliphatic heterocycles. The molecule has 1 amide bonds. The summed E-state index contributed by atoms with van der Waals surface area (Å²) in [5.74, 6) is 2.92. The lowest BCUT2D eigenvalue weighted by Crippen LogP contribution is -2.15. The summed E-state index contributed by atoms with van der Waals surface area (Å²) in [6.07, 6.45) is 1.76. The highest BCUT2D eigenvalue weighted by Crippen LogP contribution is 2.23. The van der Waals surface area contributed by atoms with Crippen molar-refractivity contribution in [2.24, 2.45) is 0 Å². The third-order valence-corrected chi connectivity index (χ3v) is 5.63. The molecule has 0 unspecified atom stereocenters. The fourth-order valence-corrected chi connectivity index (χ4v) is 3.83. The number of amides is 1. The van der Waals surface area contributed by atoms with Crippen molar-refractivity contribution in [3.63, 3.8) is 0 Å². The smallest absolute Gasteiger partial charge is 0.234 e. The van der Waals surface area contributed by atoms with Crippen molar-refractivity contribution in [1.82, 2.24) is 14.8 Å². The summed E-state index contributed by atoms with van der Waals surface area (Å²) < 4.78 is 13.5. The van der Waals surface area contributed by atoms with Crippen molar-refractivity contribution in [3.05, 3.63) is 103 Å². The number of para-hydroxylation sites is 2. The van der Waals surface area contributed by atoms with Crippen LogP contribution in [0.1, 0.15) is 5.82 Å². The Morgan fingerprint density at radius 1 is 0.912 bits per heavy atom. The Bertz CT molecular complexity index is 1210. The Morgan fingerprint density at radius 3 is 2.24 bits per heavy atom. The average molecular weight is 473 g/mol. The molecule has 172 valence electrons. The number of nitrogens with zero attached hydrogens (tertiary/aromatic N) is 3. The van der Waals surface area contributed by atoms with Gasteiger partial charge in [-0.25, -0.2) is 0 Å². The van der Waals surface area contributed by atoms with Crippen LogP contribution in [0.5, 0.6) is 17.2 Å². The van der Waals surface area contributed by atoms with Crippen LogP contribution in [0.25, 0.3) is 0 Å². The standard InChI is InChI=1S/C26H24N4O3S/c1-2-17-30-24(18-32-21-9-5-3-6-10-21)28-29-26(30)34-19-25(31)27-20-13-15-23(16-14-20)33-22-11-7-4-8-12-22/h2-16H,1,17-19H2,(H,27,31). The number of hydrogen-bond acceptors (Lipinski definition) is 6. The SMILES string of the molecule is C=CCn1c(COc2ccccc2)nnc1SCC(=O)Nc1ccc(Oc2ccccc2)cc1. The molecule has 4 rings (SSSR count). The highest BCUT2D eigenvalue weighted by Gasteiger charge is 2.14. The number of aromatic nitrogens is 3. The largest absolute Gasteiger partial charge is 0.486 e. The molecule has 4 aromatic rings. The van der Waals surface area contributed by atoms with Gasteiger partial charge in [0.2, 0.25) is 5.91 Å². The number of benzene rings is 3. The monoisotopic (exact) mass is 472 g/mol. The summed E-state index contributed by atoms with van der Waals surface area (Å²) in [5.41, 5.74) is 0.690. The number of hydrogen-bond donors (Lipinski definition) is 1. The van der Waals surface area contributed by atoms with E-state index < -0.39 is 0 Å². The second kappa shape index (κ2) is 11.7. The highest BCUT2D eigenvalue weighted by molar-refractivity contribution is 7.99. The fourth-order valence-electron chi connectivity index (χ4n) is 3.07. The molecule has 3 aromatic carbocycles. The Hall–Kier alpha value is -4.04. The first-order valence-electron chi connectivity index (χ1n) is 10.7. The zero-order valence-electron chi connectivity index (χ0n) is 18.5. The van der Waals surface area contributed by atoms with Gasteiger partial charge in [0.25, 0.3) is 0 Å². The second-order valence-corrected chi connectivity index (χ2v) is 8.12. The van der Waals surface area contributed by atoms with E-state index in [1.807, 2.05) is 77.4 Å². The van der Waals surface area contributed by atoms with Crippen LogP contribution in [0.2, 0.25) is 0 Å². The number of carbonyl (C=O) groups is 1. The number of nitrogens with one attached hydrogen (secondary N) is 1. The topological polar surface area (TPSA) is 78.3 Å². The van der Waals surface area contributed by atoms with Gasteiger partial charge >= 0.3 is 0 Å². The zero-order valence-corrected chi connectivity index (χ0v) is 19.3. The Balaban J connectivity index is 1.30. The van der Waals surface area contributed by atoms with Crippen LogP contribution in [0.15, 0.2) is 103 Å². The van der Waals surface area contributed by atoms with Gasteiger partial charge in [0.05, 0.1) is 5.75 Å². The van der Waals surface area contributed by atoms with E-state index in [1.54, 1.807) is 18.2 Å². The molecule has 0 aliphatic carbocycles. The van der Waals surface area contributed by atoms with E-state index in [2.05, 4.69) is 22.1 Å². The molecule has 1 aromatic heterocycles. The van der Waals surface area contributed by atoms with Gasteiger partial charge in [0.15, 0.2) is 11.0 Å². The highest BCUT2D eigenvalue weighted by atomic mass is 32.2. The minimum atomic E-state index is -0.142. The van der Waals surface area contributed by atoms with E-state index in [0.29, 0.717) is 29.0 Å². The van der Waals surface area contributed by atoms with Gasteiger partial charge in [-0.3, -0.25) is 9.36 Å². The number of thioether (sulfide) groups is 1. The predicted octanol–water partition coefficient (Wildman–Crippen LogP) is 5.57. The molecular formula is C26H24N4O3S. The Kier molecular flexibility index (Phi) is 7.97. The quantitative estimate of drug-likeness (QED) is 0.227. The zero-order chi connectivity index (χ0) is 23.6. The van der Waals surface area contributed by atoms with Gasteiger partial charge in [-0.1, -0.05) is 54.2 Å². The first-order chi connectivity index (χ1) is 16.7. The van der Waals surface area contributed by atoms with E-state index in [4.69, 9.17) is 9.47 Å². The van der Waals surface area contributed by atoms with E-state index in [-0.39, 0.29) is 18.3 Å². The summed E-state index contributed by atoms with van der Waals surface area (Å²) >= 11 is 1.31. The van der Waals surface area contributed by atoms with Gasteiger partial charge in [0.1, 0.15) is 23.9 Å². The van der Waals surface area contributed by atoms with E-state index >= 15 is 0 Å². The van der Waals surface area contributed by atoms with Crippen LogP contribution in [-0.2, 0) is 17.9 Å². The Morgan fingerprint density at radius 2 is 1.56 bits per heavy atom. The van der Waals surface area contributed by atoms with Crippen LogP contribution in [0.4, 0.5) is 5.69 Å². The number of carbonyl (C=O) groups excluding carboxylic acids is 1. The lowest BCUT2D eigenvalue weighted by atomic mass is 10.3. The molecule has 34 heavy (non-hydrogen) atoms. The van der Waals surface area contributed by atoms with Crippen molar-refractivity contribution in [2.45, 2.75) is 18.3 Å². The van der Waals surface area contributed by atoms with Crippen molar-refractivity contribution < 1.29 is 14.3 Å². The molecule has 0 fully saturated rings. The summed E-state index contributed by atoms with van der Waals surface area (Å²) in [7, 11) is 0. The number of rotatable bonds is 11. The first kappa shape index (κ1) is 23.1. The second-order valence-electron chi connectivity index (χ2n) is 7.18. The van der Waals surface area contributed by atoms with Gasteiger partial charge < -0.3 is 14.8 Å². The maximum atomic E-state index is 12.5. The van der Waals surface area contributed by atoms with Crippen LogP contribution >= 0.6 is 11.8 Å². The first-order valence-corrected chi connectivity index (χ1v) is 11.7. The maximum absolute atomic E-state index is 12.5. The predicted molar refractivity (Wildman–Crippen MR) is 133 cm³/mol. The minimum Gasteiger partial charge on any atom is -0.486 e. The van der Waals surface area contributed by atoms with Gasteiger partial charge in [0, 0.05) is 12.2 Å². The lowest BCUT2D eigenvalue weighted by molar-refractivity contribution is -0.113. The lowest BCUT2D eigenvalue weighted by Gasteiger charge is -2.10. The van der Waals surface area contributed by atoms with Crippen molar-refractivity contribution in [3.8, 4) is 17.2 Å². The van der Waals surface area contributed by atoms with Crippen LogP contribution in [0.3, 0.4) is 0 Å². The molecule has 0 bridgehead atoms. The van der Waals surface area contributed by atoms with Crippen LogP contribution < -0.4 is 14.8 Å². The molecule has 0 saturated carbocycles. The third-order valence-electron chi connectivity index (χ3n) is 4.67. The van der Waals surface area contributed by atoms with E-state index in [9.17, 15) is 4.79 Å². The van der Waals surface area contributed by atoms with Crippen LogP contribution in [-0.4, -0.2) is 26.4 Å².